The van der Waals surface area contributed by atoms with Gasteiger partial charge in [-0.05, 0) is 6.07 Å². The van der Waals surface area contributed by atoms with Crippen LogP contribution in [0, 0.1) is 0 Å². The fourth-order valence-corrected chi connectivity index (χ4v) is 7.68. The van der Waals surface area contributed by atoms with Crippen LogP contribution in [0.1, 0.15) is 0 Å². The molecule has 0 N–H and O–H groups in total. The maximum absolute atomic E-state index is 5.16. The summed E-state index contributed by atoms with van der Waals surface area (Å²) in [5, 5.41) is 4.67. The number of nitrogens with zero attached hydrogens (tertiary/aromatic N) is 2. The Hall–Kier alpha value is -3.12. The van der Waals surface area contributed by atoms with Gasteiger partial charge in [-0.2, -0.15) is 0 Å². The lowest BCUT2D eigenvalue weighted by molar-refractivity contribution is 1.48. The van der Waals surface area contributed by atoms with Crippen molar-refractivity contribution in [3.8, 4) is 21.1 Å². The summed E-state index contributed by atoms with van der Waals surface area (Å²) in [7, 11) is 0. The molecule has 0 unspecified atom stereocenters. The third-order valence-electron chi connectivity index (χ3n) is 5.55. The molecule has 4 aromatic carbocycles. The fraction of sp³-hybridized carbons (Fsp3) is 0. The average molecular weight is 451 g/mol. The van der Waals surface area contributed by atoms with Gasteiger partial charge in [0.05, 0.1) is 19.6 Å². The zero-order valence-corrected chi connectivity index (χ0v) is 18.7. The van der Waals surface area contributed by atoms with Crippen LogP contribution in [0.2, 0.25) is 0 Å². The van der Waals surface area contributed by atoms with E-state index in [1.807, 2.05) is 17.4 Å². The van der Waals surface area contributed by atoms with Crippen molar-refractivity contribution in [1.29, 1.82) is 0 Å². The summed E-state index contributed by atoms with van der Waals surface area (Å²) in [4.78, 5) is 10.3. The highest BCUT2D eigenvalue weighted by atomic mass is 32.1. The van der Waals surface area contributed by atoms with Crippen LogP contribution in [0.5, 0.6) is 0 Å². The van der Waals surface area contributed by atoms with Crippen LogP contribution in [0.25, 0.3) is 61.7 Å². The Bertz CT molecular complexity index is 1720. The Morgan fingerprint density at radius 3 is 1.77 bits per heavy atom. The number of hydrogen-bond donors (Lipinski definition) is 0. The lowest BCUT2D eigenvalue weighted by Gasteiger charge is -1.96. The van der Waals surface area contributed by atoms with E-state index < -0.39 is 0 Å². The minimum absolute atomic E-state index is 1.05. The number of thiophene rings is 1. The Labute approximate surface area is 190 Å². The molecule has 0 saturated carbocycles. The second-order valence-electron chi connectivity index (χ2n) is 7.43. The first-order valence-electron chi connectivity index (χ1n) is 10.0. The molecular formula is C26H14N2S3. The van der Waals surface area contributed by atoms with Crippen LogP contribution < -0.4 is 0 Å². The molecule has 0 atom stereocenters. The van der Waals surface area contributed by atoms with Crippen LogP contribution in [0.15, 0.2) is 84.9 Å². The van der Waals surface area contributed by atoms with Crippen molar-refractivity contribution >= 4 is 74.6 Å². The van der Waals surface area contributed by atoms with Gasteiger partial charge in [-0.15, -0.1) is 34.0 Å². The molecule has 0 spiro atoms. The van der Waals surface area contributed by atoms with Crippen molar-refractivity contribution in [2.24, 2.45) is 0 Å². The average Bonchev–Trinajstić information content (AvgIpc) is 3.54. The molecule has 2 nitrogen and oxygen atoms in total. The number of benzene rings is 4. The van der Waals surface area contributed by atoms with E-state index in [1.54, 1.807) is 22.7 Å². The van der Waals surface area contributed by atoms with Gasteiger partial charge in [0.15, 0.2) is 0 Å². The molecule has 7 rings (SSSR count). The second kappa shape index (κ2) is 6.69. The first kappa shape index (κ1) is 17.5. The van der Waals surface area contributed by atoms with Gasteiger partial charge >= 0.3 is 0 Å². The van der Waals surface area contributed by atoms with Gasteiger partial charge in [-0.25, -0.2) is 9.97 Å². The van der Waals surface area contributed by atoms with Crippen molar-refractivity contribution in [2.75, 3.05) is 0 Å². The van der Waals surface area contributed by atoms with Crippen LogP contribution in [-0.4, -0.2) is 9.97 Å². The molecule has 0 fully saturated rings. The molecular weight excluding hydrogens is 437 g/mol. The van der Waals surface area contributed by atoms with Gasteiger partial charge in [0.25, 0.3) is 0 Å². The summed E-state index contributed by atoms with van der Waals surface area (Å²) in [6.45, 7) is 0. The van der Waals surface area contributed by atoms with Crippen molar-refractivity contribution in [2.45, 2.75) is 0 Å². The Kier molecular flexibility index (Phi) is 3.79. The third-order valence-corrected chi connectivity index (χ3v) is 9.10. The topological polar surface area (TPSA) is 25.8 Å². The van der Waals surface area contributed by atoms with Crippen molar-refractivity contribution < 1.29 is 0 Å². The summed E-state index contributed by atoms with van der Waals surface area (Å²) in [6.07, 6.45) is 0. The maximum atomic E-state index is 5.16. The molecule has 0 radical (unpaired) electrons. The lowest BCUT2D eigenvalue weighted by Crippen LogP contribution is -1.77. The predicted molar refractivity (Wildman–Crippen MR) is 137 cm³/mol. The largest absolute Gasteiger partial charge is 0.235 e. The van der Waals surface area contributed by atoms with Gasteiger partial charge in [-0.3, -0.25) is 0 Å². The van der Waals surface area contributed by atoms with Crippen molar-refractivity contribution in [3.05, 3.63) is 84.9 Å². The van der Waals surface area contributed by atoms with E-state index in [0.717, 1.165) is 26.6 Å². The molecule has 31 heavy (non-hydrogen) atoms. The summed E-state index contributed by atoms with van der Waals surface area (Å²) >= 11 is 5.40. The lowest BCUT2D eigenvalue weighted by atomic mass is 10.1. The van der Waals surface area contributed by atoms with Gasteiger partial charge < -0.3 is 0 Å². The second-order valence-corrected chi connectivity index (χ2v) is 10.5. The van der Waals surface area contributed by atoms with Crippen LogP contribution in [0.3, 0.4) is 0 Å². The van der Waals surface area contributed by atoms with Crippen LogP contribution in [-0.2, 0) is 0 Å². The monoisotopic (exact) mass is 450 g/mol. The third kappa shape index (κ3) is 2.61. The Morgan fingerprint density at radius 1 is 0.484 bits per heavy atom. The fourth-order valence-electron chi connectivity index (χ4n) is 4.13. The van der Waals surface area contributed by atoms with Gasteiger partial charge in [-0.1, -0.05) is 78.9 Å². The standard InChI is InChI=1S/C26H14N2S3/c1-3-9-15(10-4-1)25-27-20-19-17-13-7-8-14-18(17)29-22(19)24-21(23(20)30-25)28-26(31-24)16-11-5-2-6-12-16/h1-14H. The minimum Gasteiger partial charge on any atom is -0.235 e. The van der Waals surface area contributed by atoms with Gasteiger partial charge in [0, 0.05) is 26.6 Å². The van der Waals surface area contributed by atoms with Crippen LogP contribution in [0.4, 0.5) is 0 Å². The zero-order chi connectivity index (χ0) is 20.4. The molecule has 0 amide bonds. The van der Waals surface area contributed by atoms with E-state index in [-0.39, 0.29) is 0 Å². The molecule has 0 saturated heterocycles. The molecule has 3 heterocycles. The van der Waals surface area contributed by atoms with Gasteiger partial charge in [0.1, 0.15) is 15.5 Å². The smallest absolute Gasteiger partial charge is 0.124 e. The summed E-state index contributed by atoms with van der Waals surface area (Å²) < 4.78 is 5.05. The number of fused-ring (bicyclic) bond motifs is 8. The first-order valence-corrected chi connectivity index (χ1v) is 12.5. The van der Waals surface area contributed by atoms with E-state index >= 15 is 0 Å². The molecule has 3 aromatic heterocycles. The number of aromatic nitrogens is 2. The van der Waals surface area contributed by atoms with Crippen molar-refractivity contribution in [1.82, 2.24) is 9.97 Å². The highest BCUT2D eigenvalue weighted by Gasteiger charge is 2.21. The van der Waals surface area contributed by atoms with E-state index in [1.165, 1.54) is 35.1 Å². The van der Waals surface area contributed by atoms with E-state index in [0.29, 0.717) is 0 Å². The predicted octanol–water partition coefficient (Wildman–Crippen LogP) is 8.61. The maximum Gasteiger partial charge on any atom is 0.124 e. The number of rotatable bonds is 2. The highest BCUT2D eigenvalue weighted by molar-refractivity contribution is 7.33. The first-order chi connectivity index (χ1) is 15.4. The molecule has 0 bridgehead atoms. The molecule has 0 aliphatic rings. The molecule has 7 aromatic rings. The van der Waals surface area contributed by atoms with E-state index in [2.05, 4.69) is 78.9 Å². The Morgan fingerprint density at radius 2 is 1.06 bits per heavy atom. The number of thiazole rings is 2. The van der Waals surface area contributed by atoms with E-state index in [9.17, 15) is 0 Å². The van der Waals surface area contributed by atoms with Gasteiger partial charge in [0.2, 0.25) is 0 Å². The molecule has 0 aliphatic heterocycles. The highest BCUT2D eigenvalue weighted by Crippen LogP contribution is 2.48. The zero-order valence-electron chi connectivity index (χ0n) is 16.2. The normalized spacial score (nSPS) is 11.9. The van der Waals surface area contributed by atoms with Crippen LogP contribution >= 0.6 is 34.0 Å². The number of hydrogen-bond acceptors (Lipinski definition) is 5. The SMILES string of the molecule is c1ccc(-c2nc3c(s2)c2nc(-c4ccccc4)sc2c2sc4ccccc4c32)cc1. The molecule has 0 aliphatic carbocycles. The summed E-state index contributed by atoms with van der Waals surface area (Å²) in [5.74, 6) is 0. The Balaban J connectivity index is 1.66. The summed E-state index contributed by atoms with van der Waals surface area (Å²) in [6, 6.07) is 29.6. The van der Waals surface area contributed by atoms with Crippen molar-refractivity contribution in [3.63, 3.8) is 0 Å². The molecule has 5 heteroatoms. The minimum atomic E-state index is 1.05. The van der Waals surface area contributed by atoms with E-state index in [4.69, 9.17) is 9.97 Å². The molecule has 146 valence electrons. The quantitative estimate of drug-likeness (QED) is 0.263. The summed E-state index contributed by atoms with van der Waals surface area (Å²) in [5.41, 5.74) is 4.48.